The molecular formula is C15H15BrN4O3S. The Morgan fingerprint density at radius 2 is 2.04 bits per heavy atom. The molecule has 0 aliphatic carbocycles. The largest absolute Gasteiger partial charge is 0.496 e. The van der Waals surface area contributed by atoms with Gasteiger partial charge in [0.05, 0.1) is 25.0 Å². The normalized spacial score (nSPS) is 10.8. The maximum absolute atomic E-state index is 6.06. The van der Waals surface area contributed by atoms with E-state index in [1.54, 1.807) is 32.6 Å². The number of nitrogens with zero attached hydrogens (tertiary/aromatic N) is 3. The molecule has 0 aliphatic rings. The molecule has 0 radical (unpaired) electrons. The average molecular weight is 411 g/mol. The van der Waals surface area contributed by atoms with Crippen molar-refractivity contribution in [2.24, 2.45) is 0 Å². The van der Waals surface area contributed by atoms with E-state index in [2.05, 4.69) is 26.1 Å². The molecule has 1 aromatic carbocycles. The maximum Gasteiger partial charge on any atom is 0.218 e. The van der Waals surface area contributed by atoms with Crippen molar-refractivity contribution in [1.29, 1.82) is 0 Å². The van der Waals surface area contributed by atoms with Gasteiger partial charge in [0, 0.05) is 11.3 Å². The van der Waals surface area contributed by atoms with Crippen LogP contribution in [0, 0.1) is 0 Å². The molecule has 0 bridgehead atoms. The van der Waals surface area contributed by atoms with Crippen LogP contribution in [0.3, 0.4) is 0 Å². The van der Waals surface area contributed by atoms with Gasteiger partial charge in [0.2, 0.25) is 11.0 Å². The van der Waals surface area contributed by atoms with E-state index in [9.17, 15) is 0 Å². The van der Waals surface area contributed by atoms with E-state index in [1.807, 2.05) is 12.1 Å². The van der Waals surface area contributed by atoms with Crippen LogP contribution in [0.15, 0.2) is 44.6 Å². The number of hydrogen-bond acceptors (Lipinski definition) is 7. The molecule has 126 valence electrons. The number of ether oxygens (including phenoxy) is 2. The summed E-state index contributed by atoms with van der Waals surface area (Å²) >= 11 is 4.89. The van der Waals surface area contributed by atoms with Crippen LogP contribution in [-0.2, 0) is 5.75 Å². The Kier molecular flexibility index (Phi) is 5.00. The lowest BCUT2D eigenvalue weighted by Gasteiger charge is -2.12. The van der Waals surface area contributed by atoms with E-state index in [0.717, 1.165) is 21.5 Å². The third-order valence-electron chi connectivity index (χ3n) is 3.32. The van der Waals surface area contributed by atoms with Crippen LogP contribution in [0.2, 0.25) is 0 Å². The number of hydrogen-bond donors (Lipinski definition) is 1. The summed E-state index contributed by atoms with van der Waals surface area (Å²) in [5.74, 6) is 9.19. The number of halogens is 1. The average Bonchev–Trinajstić information content (AvgIpc) is 3.23. The number of furan rings is 1. The van der Waals surface area contributed by atoms with Gasteiger partial charge in [-0.15, -0.1) is 10.2 Å². The zero-order valence-corrected chi connectivity index (χ0v) is 15.4. The first-order chi connectivity index (χ1) is 11.6. The summed E-state index contributed by atoms with van der Waals surface area (Å²) < 4.78 is 18.3. The molecule has 2 N–H and O–H groups in total. The van der Waals surface area contributed by atoms with Gasteiger partial charge in [-0.25, -0.2) is 4.68 Å². The van der Waals surface area contributed by atoms with E-state index in [4.69, 9.17) is 19.7 Å². The minimum Gasteiger partial charge on any atom is -0.496 e. The lowest BCUT2D eigenvalue weighted by molar-refractivity contribution is 0.398. The molecule has 7 nitrogen and oxygen atoms in total. The summed E-state index contributed by atoms with van der Waals surface area (Å²) in [7, 11) is 3.25. The van der Waals surface area contributed by atoms with Crippen molar-refractivity contribution in [2.75, 3.05) is 20.1 Å². The first-order valence-electron chi connectivity index (χ1n) is 6.91. The molecule has 24 heavy (non-hydrogen) atoms. The van der Waals surface area contributed by atoms with Crippen molar-refractivity contribution >= 4 is 27.7 Å². The minimum atomic E-state index is 0.475. The van der Waals surface area contributed by atoms with Crippen molar-refractivity contribution in [3.63, 3.8) is 0 Å². The molecule has 0 atom stereocenters. The first kappa shape index (κ1) is 16.7. The van der Waals surface area contributed by atoms with Crippen LogP contribution >= 0.6 is 27.7 Å². The SMILES string of the molecule is COc1cc(CSc2nnc(-c3ccco3)n2N)c(OC)cc1Br. The number of nitrogen functional groups attached to an aromatic ring is 1. The lowest BCUT2D eigenvalue weighted by Crippen LogP contribution is -2.11. The molecule has 3 rings (SSSR count). The summed E-state index contributed by atoms with van der Waals surface area (Å²) in [5.41, 5.74) is 0.963. The van der Waals surface area contributed by atoms with Gasteiger partial charge >= 0.3 is 0 Å². The second-order valence-electron chi connectivity index (χ2n) is 4.74. The van der Waals surface area contributed by atoms with Gasteiger partial charge in [0.15, 0.2) is 5.76 Å². The van der Waals surface area contributed by atoms with Crippen molar-refractivity contribution in [3.05, 3.63) is 40.6 Å². The fraction of sp³-hybridized carbons (Fsp3) is 0.200. The predicted molar refractivity (Wildman–Crippen MR) is 94.7 cm³/mol. The van der Waals surface area contributed by atoms with Crippen molar-refractivity contribution in [1.82, 2.24) is 14.9 Å². The minimum absolute atomic E-state index is 0.475. The molecule has 2 aromatic heterocycles. The van der Waals surface area contributed by atoms with Crippen molar-refractivity contribution in [3.8, 4) is 23.1 Å². The van der Waals surface area contributed by atoms with E-state index in [0.29, 0.717) is 22.5 Å². The highest BCUT2D eigenvalue weighted by Gasteiger charge is 2.16. The Hall–Kier alpha value is -2.13. The maximum atomic E-state index is 6.06. The highest BCUT2D eigenvalue weighted by atomic mass is 79.9. The Balaban J connectivity index is 1.81. The number of thioether (sulfide) groups is 1. The lowest BCUT2D eigenvalue weighted by atomic mass is 10.2. The van der Waals surface area contributed by atoms with Gasteiger partial charge in [0.1, 0.15) is 11.5 Å². The smallest absolute Gasteiger partial charge is 0.218 e. The molecule has 9 heteroatoms. The Labute approximate surface area is 151 Å². The number of rotatable bonds is 6. The van der Waals surface area contributed by atoms with E-state index >= 15 is 0 Å². The van der Waals surface area contributed by atoms with Gasteiger partial charge in [-0.1, -0.05) is 11.8 Å². The third-order valence-corrected chi connectivity index (χ3v) is 4.93. The van der Waals surface area contributed by atoms with Crippen LogP contribution in [0.25, 0.3) is 11.6 Å². The molecular weight excluding hydrogens is 396 g/mol. The van der Waals surface area contributed by atoms with Crippen LogP contribution in [0.1, 0.15) is 5.56 Å². The summed E-state index contributed by atoms with van der Waals surface area (Å²) in [6.45, 7) is 0. The molecule has 0 saturated heterocycles. The van der Waals surface area contributed by atoms with Gasteiger partial charge in [-0.3, -0.25) is 0 Å². The monoisotopic (exact) mass is 410 g/mol. The van der Waals surface area contributed by atoms with Crippen LogP contribution < -0.4 is 15.3 Å². The van der Waals surface area contributed by atoms with Gasteiger partial charge in [0.25, 0.3) is 0 Å². The summed E-state index contributed by atoms with van der Waals surface area (Å²) in [5, 5.41) is 8.76. The van der Waals surface area contributed by atoms with Crippen molar-refractivity contribution in [2.45, 2.75) is 10.9 Å². The quantitative estimate of drug-likeness (QED) is 0.492. The molecule has 0 fully saturated rings. The molecule has 2 heterocycles. The van der Waals surface area contributed by atoms with Gasteiger partial charge < -0.3 is 19.7 Å². The standard InChI is InChI=1S/C15H15BrN4O3S/c1-21-12-7-10(16)13(22-2)6-9(12)8-24-15-19-18-14(20(15)17)11-4-3-5-23-11/h3-7H,8,17H2,1-2H3. The summed E-state index contributed by atoms with van der Waals surface area (Å²) in [6, 6.07) is 7.34. The van der Waals surface area contributed by atoms with E-state index in [-0.39, 0.29) is 0 Å². The number of methoxy groups -OCH3 is 2. The van der Waals surface area contributed by atoms with Crippen molar-refractivity contribution < 1.29 is 13.9 Å². The molecule has 0 spiro atoms. The zero-order valence-electron chi connectivity index (χ0n) is 13.0. The van der Waals surface area contributed by atoms with Crippen LogP contribution in [0.4, 0.5) is 0 Å². The van der Waals surface area contributed by atoms with E-state index in [1.165, 1.54) is 16.4 Å². The second-order valence-corrected chi connectivity index (χ2v) is 6.54. The zero-order chi connectivity index (χ0) is 17.1. The molecule has 3 aromatic rings. The second kappa shape index (κ2) is 7.18. The molecule has 0 aliphatic heterocycles. The van der Waals surface area contributed by atoms with Gasteiger partial charge in [-0.2, -0.15) is 0 Å². The number of nitrogens with two attached hydrogens (primary N) is 1. The fourth-order valence-corrected chi connectivity index (χ4v) is 3.45. The third kappa shape index (κ3) is 3.22. The Morgan fingerprint density at radius 1 is 1.25 bits per heavy atom. The topological polar surface area (TPSA) is 88.3 Å². The molecule has 0 amide bonds. The highest BCUT2D eigenvalue weighted by Crippen LogP contribution is 2.35. The van der Waals surface area contributed by atoms with Crippen LogP contribution in [0.5, 0.6) is 11.5 Å². The summed E-state index contributed by atoms with van der Waals surface area (Å²) in [4.78, 5) is 0. The highest BCUT2D eigenvalue weighted by molar-refractivity contribution is 9.10. The Bertz CT molecular complexity index is 836. The fourth-order valence-electron chi connectivity index (χ4n) is 2.13. The molecule has 0 unspecified atom stereocenters. The summed E-state index contributed by atoms with van der Waals surface area (Å²) in [6.07, 6.45) is 1.57. The number of benzene rings is 1. The first-order valence-corrected chi connectivity index (χ1v) is 8.69. The predicted octanol–water partition coefficient (Wildman–Crippen LogP) is 3.32. The van der Waals surface area contributed by atoms with Gasteiger partial charge in [-0.05, 0) is 40.2 Å². The van der Waals surface area contributed by atoms with E-state index < -0.39 is 0 Å². The number of aromatic nitrogens is 3. The molecule has 0 saturated carbocycles. The van der Waals surface area contributed by atoms with Crippen LogP contribution in [-0.4, -0.2) is 29.1 Å². The Morgan fingerprint density at radius 3 is 2.71 bits per heavy atom.